The van der Waals surface area contributed by atoms with Gasteiger partial charge in [-0.2, -0.15) is 0 Å². The zero-order valence-corrected chi connectivity index (χ0v) is 17.3. The van der Waals surface area contributed by atoms with Crippen LogP contribution < -0.4 is 11.1 Å². The Morgan fingerprint density at radius 3 is 2.56 bits per heavy atom. The van der Waals surface area contributed by atoms with E-state index in [0.717, 1.165) is 16.8 Å². The molecule has 6 heteroatoms. The van der Waals surface area contributed by atoms with Gasteiger partial charge in [-0.05, 0) is 38.0 Å². The Balaban J connectivity index is 2.01. The summed E-state index contributed by atoms with van der Waals surface area (Å²) >= 11 is 0. The van der Waals surface area contributed by atoms with Crippen molar-refractivity contribution in [2.24, 2.45) is 11.1 Å². The van der Waals surface area contributed by atoms with Crippen LogP contribution in [0.4, 0.5) is 5.69 Å². The topological polar surface area (TPSA) is 82.8 Å². The van der Waals surface area contributed by atoms with E-state index in [2.05, 4.69) is 5.32 Å². The molecule has 0 aromatic heterocycles. The zero-order chi connectivity index (χ0) is 20.1. The molecule has 1 fully saturated rings. The number of amides is 1. The first-order chi connectivity index (χ1) is 12.8. The van der Waals surface area contributed by atoms with Crippen molar-refractivity contribution in [1.82, 2.24) is 0 Å². The Morgan fingerprint density at radius 2 is 1.93 bits per heavy atom. The van der Waals surface area contributed by atoms with E-state index in [-0.39, 0.29) is 12.0 Å². The number of ether oxygens (including phenoxy) is 3. The summed E-state index contributed by atoms with van der Waals surface area (Å²) in [6, 6.07) is 5.82. The van der Waals surface area contributed by atoms with Crippen LogP contribution in [0.2, 0.25) is 0 Å². The molecule has 152 valence electrons. The molecule has 1 aromatic carbocycles. The average molecular weight is 379 g/mol. The van der Waals surface area contributed by atoms with E-state index >= 15 is 0 Å². The highest BCUT2D eigenvalue weighted by molar-refractivity contribution is 6.00. The lowest BCUT2D eigenvalue weighted by Gasteiger charge is -2.57. The third-order valence-corrected chi connectivity index (χ3v) is 5.76. The van der Waals surface area contributed by atoms with Crippen LogP contribution in [0.5, 0.6) is 0 Å². The van der Waals surface area contributed by atoms with E-state index in [1.807, 2.05) is 52.8 Å². The molecule has 2 atom stereocenters. The molecule has 0 bridgehead atoms. The zero-order valence-electron chi connectivity index (χ0n) is 17.3. The van der Waals surface area contributed by atoms with Gasteiger partial charge < -0.3 is 25.3 Å². The van der Waals surface area contributed by atoms with Gasteiger partial charge in [-0.1, -0.05) is 26.0 Å². The summed E-state index contributed by atoms with van der Waals surface area (Å²) in [5.41, 5.74) is 7.92. The Kier molecular flexibility index (Phi) is 7.40. The first kappa shape index (κ1) is 21.8. The van der Waals surface area contributed by atoms with Gasteiger partial charge in [0.1, 0.15) is 5.54 Å². The molecule has 3 N–H and O–H groups in total. The number of rotatable bonds is 10. The molecular weight excluding hydrogens is 344 g/mol. The van der Waals surface area contributed by atoms with Crippen molar-refractivity contribution >= 4 is 11.6 Å². The monoisotopic (exact) mass is 378 g/mol. The van der Waals surface area contributed by atoms with Gasteiger partial charge in [0, 0.05) is 30.7 Å². The van der Waals surface area contributed by atoms with Crippen LogP contribution in [0.1, 0.15) is 45.2 Å². The number of benzene rings is 1. The highest BCUT2D eigenvalue weighted by Gasteiger charge is 2.62. The standard InChI is InChI=1S/C21H34N2O4/c1-6-25-11-12-26-14-16-9-8-10-17(15(16)3)23-19(24)21(22)13-18(27-7-2)20(21,4)5/h8-10,18H,6-7,11-14,22H2,1-5H3,(H,23,24). The number of nitrogens with two attached hydrogens (primary N) is 1. The van der Waals surface area contributed by atoms with Crippen LogP contribution in [-0.2, 0) is 25.6 Å². The Morgan fingerprint density at radius 1 is 1.22 bits per heavy atom. The molecule has 0 aliphatic heterocycles. The van der Waals surface area contributed by atoms with Crippen molar-refractivity contribution < 1.29 is 19.0 Å². The predicted octanol–water partition coefficient (Wildman–Crippen LogP) is 3.02. The Bertz CT molecular complexity index is 647. The van der Waals surface area contributed by atoms with E-state index in [4.69, 9.17) is 19.9 Å². The lowest BCUT2D eigenvalue weighted by molar-refractivity contribution is -0.166. The van der Waals surface area contributed by atoms with Gasteiger partial charge in [-0.3, -0.25) is 4.79 Å². The molecule has 0 saturated heterocycles. The second-order valence-corrected chi connectivity index (χ2v) is 7.63. The number of anilines is 1. The molecule has 6 nitrogen and oxygen atoms in total. The summed E-state index contributed by atoms with van der Waals surface area (Å²) < 4.78 is 16.6. The third kappa shape index (κ3) is 4.51. The van der Waals surface area contributed by atoms with E-state index < -0.39 is 11.0 Å². The maximum absolute atomic E-state index is 12.9. The fourth-order valence-corrected chi connectivity index (χ4v) is 3.47. The molecule has 2 rings (SSSR count). The van der Waals surface area contributed by atoms with Gasteiger partial charge in [0.25, 0.3) is 0 Å². The summed E-state index contributed by atoms with van der Waals surface area (Å²) in [4.78, 5) is 12.9. The first-order valence-electron chi connectivity index (χ1n) is 9.73. The molecule has 2 unspecified atom stereocenters. The minimum atomic E-state index is -0.941. The van der Waals surface area contributed by atoms with Crippen LogP contribution >= 0.6 is 0 Å². The van der Waals surface area contributed by atoms with Gasteiger partial charge in [0.05, 0.1) is 25.9 Å². The average Bonchev–Trinajstić information content (AvgIpc) is 2.63. The fraction of sp³-hybridized carbons (Fsp3) is 0.667. The number of carbonyl (C=O) groups is 1. The van der Waals surface area contributed by atoms with E-state index in [0.29, 0.717) is 39.5 Å². The van der Waals surface area contributed by atoms with Gasteiger partial charge in [-0.15, -0.1) is 0 Å². The number of nitrogens with one attached hydrogen (secondary N) is 1. The van der Waals surface area contributed by atoms with E-state index in [1.54, 1.807) is 0 Å². The Labute approximate surface area is 162 Å². The van der Waals surface area contributed by atoms with Crippen LogP contribution in [0, 0.1) is 12.3 Å². The van der Waals surface area contributed by atoms with Crippen LogP contribution in [0.3, 0.4) is 0 Å². The second kappa shape index (κ2) is 9.15. The molecule has 1 aliphatic rings. The molecule has 1 saturated carbocycles. The molecule has 1 aliphatic carbocycles. The molecule has 0 radical (unpaired) electrons. The molecule has 1 amide bonds. The molecular formula is C21H34N2O4. The summed E-state index contributed by atoms with van der Waals surface area (Å²) in [6.07, 6.45) is 0.531. The smallest absolute Gasteiger partial charge is 0.245 e. The largest absolute Gasteiger partial charge is 0.379 e. The number of hydrogen-bond donors (Lipinski definition) is 2. The SMILES string of the molecule is CCOCCOCc1cccc(NC(=O)C2(N)CC(OCC)C2(C)C)c1C. The summed E-state index contributed by atoms with van der Waals surface area (Å²) in [5.74, 6) is -0.166. The van der Waals surface area contributed by atoms with Crippen molar-refractivity contribution in [3.63, 3.8) is 0 Å². The van der Waals surface area contributed by atoms with Crippen LogP contribution in [-0.4, -0.2) is 44.0 Å². The summed E-state index contributed by atoms with van der Waals surface area (Å²) in [7, 11) is 0. The van der Waals surface area contributed by atoms with E-state index in [1.165, 1.54) is 0 Å². The highest BCUT2D eigenvalue weighted by atomic mass is 16.5. The summed E-state index contributed by atoms with van der Waals surface area (Å²) in [6.45, 7) is 12.8. The molecule has 27 heavy (non-hydrogen) atoms. The van der Waals surface area contributed by atoms with Crippen LogP contribution in [0.25, 0.3) is 0 Å². The maximum atomic E-state index is 12.9. The van der Waals surface area contributed by atoms with Gasteiger partial charge >= 0.3 is 0 Å². The second-order valence-electron chi connectivity index (χ2n) is 7.63. The minimum Gasteiger partial charge on any atom is -0.379 e. The van der Waals surface area contributed by atoms with Crippen molar-refractivity contribution in [3.8, 4) is 0 Å². The maximum Gasteiger partial charge on any atom is 0.245 e. The lowest BCUT2D eigenvalue weighted by Crippen LogP contribution is -2.74. The highest BCUT2D eigenvalue weighted by Crippen LogP contribution is 2.50. The van der Waals surface area contributed by atoms with Crippen molar-refractivity contribution in [3.05, 3.63) is 29.3 Å². The summed E-state index contributed by atoms with van der Waals surface area (Å²) in [5, 5.41) is 3.02. The number of carbonyl (C=O) groups excluding carboxylic acids is 1. The lowest BCUT2D eigenvalue weighted by atomic mass is 9.54. The molecule has 0 spiro atoms. The minimum absolute atomic E-state index is 0.00409. The predicted molar refractivity (Wildman–Crippen MR) is 107 cm³/mol. The number of hydrogen-bond acceptors (Lipinski definition) is 5. The third-order valence-electron chi connectivity index (χ3n) is 5.76. The normalized spacial score (nSPS) is 23.7. The van der Waals surface area contributed by atoms with Gasteiger partial charge in [-0.25, -0.2) is 0 Å². The quantitative estimate of drug-likeness (QED) is 0.612. The van der Waals surface area contributed by atoms with E-state index in [9.17, 15) is 4.79 Å². The molecule has 0 heterocycles. The molecule has 1 aromatic rings. The van der Waals surface area contributed by atoms with Crippen molar-refractivity contribution in [1.29, 1.82) is 0 Å². The first-order valence-corrected chi connectivity index (χ1v) is 9.73. The fourth-order valence-electron chi connectivity index (χ4n) is 3.47. The van der Waals surface area contributed by atoms with Gasteiger partial charge in [0.15, 0.2) is 0 Å². The van der Waals surface area contributed by atoms with Crippen LogP contribution in [0.15, 0.2) is 18.2 Å². The van der Waals surface area contributed by atoms with Gasteiger partial charge in [0.2, 0.25) is 5.91 Å². The van der Waals surface area contributed by atoms with Crippen molar-refractivity contribution in [2.75, 3.05) is 31.7 Å². The van der Waals surface area contributed by atoms with Crippen molar-refractivity contribution in [2.45, 2.75) is 59.3 Å². The Hall–Kier alpha value is -1.47.